The first-order valence-corrected chi connectivity index (χ1v) is 12.5. The molecule has 1 aliphatic rings. The molecule has 3 heterocycles. The Kier molecular flexibility index (Phi) is 7.02. The van der Waals surface area contributed by atoms with Crippen LogP contribution >= 0.6 is 0 Å². The highest BCUT2D eigenvalue weighted by atomic mass is 19.4. The molecule has 0 bridgehead atoms. The van der Waals surface area contributed by atoms with Gasteiger partial charge in [0.2, 0.25) is 0 Å². The lowest BCUT2D eigenvalue weighted by molar-refractivity contribution is -0.137. The van der Waals surface area contributed by atoms with E-state index in [1.54, 1.807) is 12.3 Å². The number of hydrogen-bond acceptors (Lipinski definition) is 4. The Labute approximate surface area is 214 Å². The number of imidazole rings is 1. The third-order valence-electron chi connectivity index (χ3n) is 6.99. The van der Waals surface area contributed by atoms with Crippen LogP contribution in [0.25, 0.3) is 22.5 Å². The normalized spacial score (nSPS) is 15.5. The number of halogens is 3. The molecular formula is C29H30F3N5. The second-order valence-corrected chi connectivity index (χ2v) is 9.54. The lowest BCUT2D eigenvalue weighted by Crippen LogP contribution is -2.27. The van der Waals surface area contributed by atoms with Crippen molar-refractivity contribution < 1.29 is 13.2 Å². The van der Waals surface area contributed by atoms with Gasteiger partial charge in [0, 0.05) is 36.3 Å². The highest BCUT2D eigenvalue weighted by Gasteiger charge is 2.31. The Hall–Kier alpha value is -3.65. The zero-order valence-electron chi connectivity index (χ0n) is 20.9. The van der Waals surface area contributed by atoms with E-state index in [-0.39, 0.29) is 12.0 Å². The van der Waals surface area contributed by atoms with Crippen molar-refractivity contribution >= 4 is 5.82 Å². The van der Waals surface area contributed by atoms with Crippen LogP contribution in [0.1, 0.15) is 48.7 Å². The minimum Gasteiger partial charge on any atom is -0.364 e. The summed E-state index contributed by atoms with van der Waals surface area (Å²) in [5.41, 5.74) is 3.08. The molecule has 0 radical (unpaired) electrons. The van der Waals surface area contributed by atoms with Crippen LogP contribution in [-0.2, 0) is 13.2 Å². The summed E-state index contributed by atoms with van der Waals surface area (Å²) in [6, 6.07) is 19.4. The fraction of sp³-hybridized carbons (Fsp3) is 0.310. The molecule has 2 aromatic carbocycles. The highest BCUT2D eigenvalue weighted by molar-refractivity contribution is 5.80. The van der Waals surface area contributed by atoms with Gasteiger partial charge in [-0.05, 0) is 62.7 Å². The minimum absolute atomic E-state index is 0.0312. The maximum Gasteiger partial charge on any atom is 0.416 e. The lowest BCUT2D eigenvalue weighted by atomic mass is 9.97. The predicted molar refractivity (Wildman–Crippen MR) is 140 cm³/mol. The summed E-state index contributed by atoms with van der Waals surface area (Å²) >= 11 is 0. The van der Waals surface area contributed by atoms with E-state index in [4.69, 9.17) is 4.98 Å². The Bertz CT molecular complexity index is 1360. The van der Waals surface area contributed by atoms with Crippen molar-refractivity contribution in [2.75, 3.05) is 18.4 Å². The summed E-state index contributed by atoms with van der Waals surface area (Å²) in [6.07, 6.45) is -0.833. The Morgan fingerprint density at radius 2 is 1.73 bits per heavy atom. The van der Waals surface area contributed by atoms with Gasteiger partial charge in [-0.2, -0.15) is 13.2 Å². The molecule has 0 spiro atoms. The smallest absolute Gasteiger partial charge is 0.364 e. The number of nitrogens with zero attached hydrogens (tertiary/aromatic N) is 3. The molecular weight excluding hydrogens is 475 g/mol. The molecule has 37 heavy (non-hydrogen) atoms. The molecule has 1 saturated heterocycles. The molecule has 0 saturated carbocycles. The van der Waals surface area contributed by atoms with Crippen LogP contribution in [-0.4, -0.2) is 27.6 Å². The summed E-state index contributed by atoms with van der Waals surface area (Å²) in [5.74, 6) is 1.82. The van der Waals surface area contributed by atoms with Crippen LogP contribution < -0.4 is 10.6 Å². The zero-order chi connectivity index (χ0) is 26.0. The van der Waals surface area contributed by atoms with Crippen molar-refractivity contribution in [3.63, 3.8) is 0 Å². The van der Waals surface area contributed by atoms with Crippen molar-refractivity contribution in [3.05, 3.63) is 89.9 Å². The molecule has 1 aliphatic heterocycles. The van der Waals surface area contributed by atoms with Crippen molar-refractivity contribution in [2.24, 2.45) is 7.05 Å². The highest BCUT2D eigenvalue weighted by Crippen LogP contribution is 2.39. The van der Waals surface area contributed by atoms with E-state index in [2.05, 4.69) is 34.7 Å². The number of piperidine rings is 1. The number of nitrogens with one attached hydrogen (secondary N) is 2. The Morgan fingerprint density at radius 1 is 0.973 bits per heavy atom. The molecule has 5 nitrogen and oxygen atoms in total. The van der Waals surface area contributed by atoms with Crippen LogP contribution in [0.5, 0.6) is 0 Å². The first-order chi connectivity index (χ1) is 17.8. The quantitative estimate of drug-likeness (QED) is 0.302. The molecule has 8 heteroatoms. The maximum atomic E-state index is 13.5. The molecule has 192 valence electrons. The average Bonchev–Trinajstić information content (AvgIpc) is 3.26. The summed E-state index contributed by atoms with van der Waals surface area (Å²) in [5, 5.41) is 6.82. The number of hydrogen-bond donors (Lipinski definition) is 2. The van der Waals surface area contributed by atoms with E-state index in [1.165, 1.54) is 12.1 Å². The fourth-order valence-corrected chi connectivity index (χ4v) is 5.04. The zero-order valence-corrected chi connectivity index (χ0v) is 20.9. The van der Waals surface area contributed by atoms with E-state index in [1.807, 2.05) is 41.9 Å². The van der Waals surface area contributed by atoms with Gasteiger partial charge in [-0.25, -0.2) is 9.97 Å². The van der Waals surface area contributed by atoms with E-state index >= 15 is 0 Å². The molecule has 0 amide bonds. The van der Waals surface area contributed by atoms with Crippen molar-refractivity contribution in [1.29, 1.82) is 0 Å². The van der Waals surface area contributed by atoms with Gasteiger partial charge < -0.3 is 15.2 Å². The van der Waals surface area contributed by atoms with Gasteiger partial charge in [-0.15, -0.1) is 0 Å². The van der Waals surface area contributed by atoms with Gasteiger partial charge in [-0.3, -0.25) is 0 Å². The Morgan fingerprint density at radius 3 is 2.46 bits per heavy atom. The molecule has 5 rings (SSSR count). The molecule has 2 N–H and O–H groups in total. The molecule has 1 atom stereocenters. The molecule has 2 aromatic heterocycles. The second-order valence-electron chi connectivity index (χ2n) is 9.54. The van der Waals surface area contributed by atoms with Gasteiger partial charge in [0.15, 0.2) is 0 Å². The predicted octanol–water partition coefficient (Wildman–Crippen LogP) is 6.81. The number of aromatic nitrogens is 3. The molecule has 0 aliphatic carbocycles. The number of pyridine rings is 1. The van der Waals surface area contributed by atoms with Crippen LogP contribution in [0.2, 0.25) is 0 Å². The Balaban J connectivity index is 1.58. The van der Waals surface area contributed by atoms with Crippen molar-refractivity contribution in [3.8, 4) is 22.5 Å². The summed E-state index contributed by atoms with van der Waals surface area (Å²) < 4.78 is 42.7. The average molecular weight is 506 g/mol. The third-order valence-corrected chi connectivity index (χ3v) is 6.99. The largest absolute Gasteiger partial charge is 0.416 e. The van der Waals surface area contributed by atoms with Crippen LogP contribution in [0.3, 0.4) is 0 Å². The van der Waals surface area contributed by atoms with Crippen LogP contribution in [0.15, 0.2) is 72.9 Å². The van der Waals surface area contributed by atoms with Crippen molar-refractivity contribution in [2.45, 2.75) is 37.9 Å². The fourth-order valence-electron chi connectivity index (χ4n) is 5.04. The first-order valence-electron chi connectivity index (χ1n) is 12.5. The van der Waals surface area contributed by atoms with E-state index < -0.39 is 11.7 Å². The van der Waals surface area contributed by atoms with E-state index in [0.717, 1.165) is 54.6 Å². The monoisotopic (exact) mass is 505 g/mol. The topological polar surface area (TPSA) is 54.8 Å². The van der Waals surface area contributed by atoms with Crippen LogP contribution in [0, 0.1) is 0 Å². The summed E-state index contributed by atoms with van der Waals surface area (Å²) in [7, 11) is 1.96. The summed E-state index contributed by atoms with van der Waals surface area (Å²) in [4.78, 5) is 9.48. The summed E-state index contributed by atoms with van der Waals surface area (Å²) in [6.45, 7) is 3.86. The van der Waals surface area contributed by atoms with Gasteiger partial charge in [0.25, 0.3) is 0 Å². The second kappa shape index (κ2) is 10.4. The first kappa shape index (κ1) is 25.0. The van der Waals surface area contributed by atoms with E-state index in [0.29, 0.717) is 17.1 Å². The number of benzene rings is 2. The maximum absolute atomic E-state index is 13.5. The van der Waals surface area contributed by atoms with Crippen LogP contribution in [0.4, 0.5) is 19.0 Å². The molecule has 4 aromatic rings. The number of rotatable bonds is 6. The standard InChI is InChI=1S/C29H30F3N5/c1-19(20-7-4-3-5-8-20)35-25-18-23(13-16-34-25)27-26(22-9-6-10-24(17-22)29(30,31)32)36-28(37(27)2)21-11-14-33-15-12-21/h3-10,13,16-19,21,33H,11-12,14-15H2,1-2H3,(H,34,35)/t19-/m0/s1. The van der Waals surface area contributed by atoms with Gasteiger partial charge in [-0.1, -0.05) is 42.5 Å². The molecule has 0 unspecified atom stereocenters. The van der Waals surface area contributed by atoms with Gasteiger partial charge >= 0.3 is 6.18 Å². The van der Waals surface area contributed by atoms with Crippen molar-refractivity contribution in [1.82, 2.24) is 19.9 Å². The SMILES string of the molecule is C[C@H](Nc1cc(-c2c(-c3cccc(C(F)(F)F)c3)nc(C3CCNCC3)n2C)ccn1)c1ccccc1. The van der Waals surface area contributed by atoms with E-state index in [9.17, 15) is 13.2 Å². The number of alkyl halides is 3. The van der Waals surface area contributed by atoms with Gasteiger partial charge in [0.05, 0.1) is 17.0 Å². The van der Waals surface area contributed by atoms with Gasteiger partial charge in [0.1, 0.15) is 11.6 Å². The number of anilines is 1. The third kappa shape index (κ3) is 5.39. The lowest BCUT2D eigenvalue weighted by Gasteiger charge is -2.22. The molecule has 1 fully saturated rings. The minimum atomic E-state index is -4.43.